The van der Waals surface area contributed by atoms with Crippen LogP contribution in [0.25, 0.3) is 0 Å². The van der Waals surface area contributed by atoms with Crippen molar-refractivity contribution in [3.8, 4) is 0 Å². The minimum absolute atomic E-state index is 0.0437. The van der Waals surface area contributed by atoms with E-state index in [1.807, 2.05) is 0 Å². The van der Waals surface area contributed by atoms with E-state index in [2.05, 4.69) is 21.3 Å². The molecule has 2 aromatic rings. The second-order valence-electron chi connectivity index (χ2n) is 11.2. The van der Waals surface area contributed by atoms with Crippen LogP contribution in [0.2, 0.25) is 0 Å². The second kappa shape index (κ2) is 18.2. The second-order valence-corrected chi connectivity index (χ2v) is 11.2. The number of aromatic carboxylic acids is 1. The van der Waals surface area contributed by atoms with Crippen molar-refractivity contribution in [1.82, 2.24) is 16.0 Å². The largest absolute Gasteiger partial charge is 0.481 e. The van der Waals surface area contributed by atoms with E-state index < -0.39 is 71.8 Å². The maximum absolute atomic E-state index is 13.5. The lowest BCUT2D eigenvalue weighted by Gasteiger charge is -2.29. The molecule has 14 nitrogen and oxygen atoms in total. The molecule has 0 saturated heterocycles. The molecule has 5 atom stereocenters. The van der Waals surface area contributed by atoms with E-state index in [1.54, 1.807) is 51.1 Å². The molecular weight excluding hydrogens is 598 g/mol. The molecule has 0 fully saturated rings. The number of nitrogens with one attached hydrogen (secondary N) is 4. The molecule has 0 radical (unpaired) electrons. The van der Waals surface area contributed by atoms with Crippen molar-refractivity contribution in [2.75, 3.05) is 5.32 Å². The van der Waals surface area contributed by atoms with Gasteiger partial charge in [0.05, 0.1) is 17.6 Å². The molecular formula is C32H43N5O9. The van der Waals surface area contributed by atoms with Crippen LogP contribution in [0.1, 0.15) is 62.4 Å². The number of nitrogens with two attached hydrogens (primary N) is 1. The number of rotatable bonds is 18. The molecule has 0 aliphatic heterocycles. The lowest BCUT2D eigenvalue weighted by molar-refractivity contribution is -0.137. The van der Waals surface area contributed by atoms with E-state index >= 15 is 0 Å². The molecule has 250 valence electrons. The van der Waals surface area contributed by atoms with Crippen molar-refractivity contribution in [2.24, 2.45) is 11.7 Å². The highest BCUT2D eigenvalue weighted by atomic mass is 16.4. The van der Waals surface area contributed by atoms with Gasteiger partial charge in [-0.25, -0.2) is 4.79 Å². The highest BCUT2D eigenvalue weighted by Crippen LogP contribution is 2.14. The summed E-state index contributed by atoms with van der Waals surface area (Å²) in [5.41, 5.74) is 6.56. The Bertz CT molecular complexity index is 1370. The van der Waals surface area contributed by atoms with Crippen LogP contribution in [0.3, 0.4) is 0 Å². The predicted octanol–water partition coefficient (Wildman–Crippen LogP) is 1.03. The fraction of sp³-hybridized carbons (Fsp3) is 0.438. The zero-order chi connectivity index (χ0) is 34.4. The number of carbonyl (C=O) groups is 6. The first-order valence-electron chi connectivity index (χ1n) is 15.0. The smallest absolute Gasteiger partial charge is 0.335 e. The number of aliphatic hydroxyl groups excluding tert-OH is 1. The van der Waals surface area contributed by atoms with Crippen LogP contribution in [0.4, 0.5) is 5.69 Å². The lowest BCUT2D eigenvalue weighted by Crippen LogP contribution is -2.59. The minimum atomic E-state index is -1.77. The maximum Gasteiger partial charge on any atom is 0.335 e. The third kappa shape index (κ3) is 11.9. The van der Waals surface area contributed by atoms with E-state index in [-0.39, 0.29) is 36.9 Å². The number of carbonyl (C=O) groups excluding carboxylic acids is 4. The van der Waals surface area contributed by atoms with Gasteiger partial charge in [-0.2, -0.15) is 0 Å². The molecule has 46 heavy (non-hydrogen) atoms. The van der Waals surface area contributed by atoms with E-state index in [0.717, 1.165) is 0 Å². The summed E-state index contributed by atoms with van der Waals surface area (Å²) in [5.74, 6) is -5.68. The standard InChI is InChI=1S/C32H43N5O9/c1-4-9-23(35-30(43)26(18(2)3)37-28(41)22(33)14-15-25(38)39)29(42)36-24(16-19-10-6-5-7-11-19)27(40)31(44)34-21-13-8-12-20(17-21)32(45)46/h5-8,10-13,17-18,22-24,26-27,40H,4,9,14-16,33H2,1-3H3,(H,34,44)(H,35,43)(H,36,42)(H,37,41)(H,38,39)(H,45,46)/t22-,23-,24-,26-,27+/m0/s1. The third-order valence-corrected chi connectivity index (χ3v) is 7.12. The molecule has 0 aromatic heterocycles. The van der Waals surface area contributed by atoms with Crippen molar-refractivity contribution >= 4 is 41.3 Å². The molecule has 4 amide bonds. The maximum atomic E-state index is 13.5. The van der Waals surface area contributed by atoms with Gasteiger partial charge in [0, 0.05) is 12.1 Å². The van der Waals surface area contributed by atoms with Crippen LogP contribution in [0, 0.1) is 5.92 Å². The van der Waals surface area contributed by atoms with Gasteiger partial charge < -0.3 is 42.3 Å². The van der Waals surface area contributed by atoms with E-state index in [1.165, 1.54) is 24.3 Å². The van der Waals surface area contributed by atoms with Gasteiger partial charge >= 0.3 is 11.9 Å². The van der Waals surface area contributed by atoms with Gasteiger partial charge in [0.25, 0.3) is 5.91 Å². The first-order valence-corrected chi connectivity index (χ1v) is 15.0. The van der Waals surface area contributed by atoms with E-state index in [4.69, 9.17) is 10.8 Å². The van der Waals surface area contributed by atoms with Crippen molar-refractivity contribution < 1.29 is 44.1 Å². The summed E-state index contributed by atoms with van der Waals surface area (Å²) < 4.78 is 0. The average molecular weight is 642 g/mol. The Morgan fingerprint density at radius 1 is 0.804 bits per heavy atom. The number of anilines is 1. The summed E-state index contributed by atoms with van der Waals surface area (Å²) in [4.78, 5) is 74.7. The molecule has 0 bridgehead atoms. The Labute approximate surface area is 267 Å². The van der Waals surface area contributed by atoms with Gasteiger partial charge in [-0.1, -0.05) is 63.6 Å². The Balaban J connectivity index is 2.23. The molecule has 0 unspecified atom stereocenters. The molecule has 0 aliphatic rings. The number of aliphatic hydroxyl groups is 1. The van der Waals surface area contributed by atoms with Crippen LogP contribution in [-0.4, -0.2) is 81.2 Å². The van der Waals surface area contributed by atoms with Gasteiger partial charge in [0.1, 0.15) is 12.1 Å². The van der Waals surface area contributed by atoms with Crippen molar-refractivity contribution in [3.05, 3.63) is 65.7 Å². The average Bonchev–Trinajstić information content (AvgIpc) is 3.01. The number of carboxylic acid groups (broad SMARTS) is 2. The number of amides is 4. The van der Waals surface area contributed by atoms with Gasteiger partial charge in [-0.05, 0) is 48.9 Å². The molecule has 0 heterocycles. The van der Waals surface area contributed by atoms with Gasteiger partial charge in [0.15, 0.2) is 6.10 Å². The zero-order valence-electron chi connectivity index (χ0n) is 26.1. The Morgan fingerprint density at radius 3 is 2.07 bits per heavy atom. The summed E-state index contributed by atoms with van der Waals surface area (Å²) in [7, 11) is 0. The molecule has 0 aliphatic carbocycles. The number of benzene rings is 2. The minimum Gasteiger partial charge on any atom is -0.481 e. The monoisotopic (exact) mass is 641 g/mol. The third-order valence-electron chi connectivity index (χ3n) is 7.12. The lowest BCUT2D eigenvalue weighted by atomic mass is 9.99. The Morgan fingerprint density at radius 2 is 1.48 bits per heavy atom. The fourth-order valence-corrected chi connectivity index (χ4v) is 4.55. The number of carboxylic acids is 2. The quantitative estimate of drug-likeness (QED) is 0.115. The highest BCUT2D eigenvalue weighted by Gasteiger charge is 2.33. The van der Waals surface area contributed by atoms with Gasteiger partial charge in [-0.3, -0.25) is 24.0 Å². The van der Waals surface area contributed by atoms with Crippen LogP contribution in [0.5, 0.6) is 0 Å². The summed E-state index contributed by atoms with van der Waals surface area (Å²) in [6, 6.07) is 9.77. The summed E-state index contributed by atoms with van der Waals surface area (Å²) in [5, 5.41) is 39.5. The predicted molar refractivity (Wildman–Crippen MR) is 169 cm³/mol. The van der Waals surface area contributed by atoms with Crippen molar-refractivity contribution in [2.45, 2.75) is 83.1 Å². The van der Waals surface area contributed by atoms with Crippen LogP contribution in [0.15, 0.2) is 54.6 Å². The molecule has 2 rings (SSSR count). The SMILES string of the molecule is CCC[C@H](NC(=O)[C@@H](NC(=O)[C@@H](N)CCC(=O)O)C(C)C)C(=O)N[C@@H](Cc1ccccc1)[C@@H](O)C(=O)Nc1cccc(C(=O)O)c1. The Hall–Kier alpha value is -4.82. The first-order chi connectivity index (χ1) is 21.7. The summed E-state index contributed by atoms with van der Waals surface area (Å²) >= 11 is 0. The number of hydrogen-bond donors (Lipinski definition) is 8. The van der Waals surface area contributed by atoms with Crippen molar-refractivity contribution in [3.63, 3.8) is 0 Å². The van der Waals surface area contributed by atoms with Crippen LogP contribution >= 0.6 is 0 Å². The number of hydrogen-bond acceptors (Lipinski definition) is 8. The summed E-state index contributed by atoms with van der Waals surface area (Å²) in [6.45, 7) is 5.16. The normalized spacial score (nSPS) is 14.2. The molecule has 0 saturated carbocycles. The van der Waals surface area contributed by atoms with Crippen LogP contribution < -0.4 is 27.0 Å². The topological polar surface area (TPSA) is 237 Å². The van der Waals surface area contributed by atoms with E-state index in [9.17, 15) is 39.0 Å². The first kappa shape index (κ1) is 37.4. The summed E-state index contributed by atoms with van der Waals surface area (Å²) in [6.07, 6.45) is -1.51. The highest BCUT2D eigenvalue weighted by molar-refractivity contribution is 5.97. The molecule has 14 heteroatoms. The molecule has 0 spiro atoms. The van der Waals surface area contributed by atoms with Crippen LogP contribution in [-0.2, 0) is 30.4 Å². The van der Waals surface area contributed by atoms with Gasteiger partial charge in [-0.15, -0.1) is 0 Å². The number of aliphatic carboxylic acids is 1. The van der Waals surface area contributed by atoms with Crippen molar-refractivity contribution in [1.29, 1.82) is 0 Å². The van der Waals surface area contributed by atoms with Gasteiger partial charge in [0.2, 0.25) is 17.7 Å². The Kier molecular flexibility index (Phi) is 14.8. The molecule has 2 aromatic carbocycles. The molecule has 9 N–H and O–H groups in total. The van der Waals surface area contributed by atoms with E-state index in [0.29, 0.717) is 12.0 Å². The fourth-order valence-electron chi connectivity index (χ4n) is 4.55. The zero-order valence-corrected chi connectivity index (χ0v) is 26.1.